The number of rotatable bonds is 5. The first kappa shape index (κ1) is 15.9. The van der Waals surface area contributed by atoms with E-state index in [1.165, 1.54) is 12.5 Å². The number of carbonyl (C=O) groups excluding carboxylic acids is 2. The molecule has 0 aliphatic rings. The average molecular weight is 239 g/mol. The third-order valence-electron chi connectivity index (χ3n) is 3.31. The van der Waals surface area contributed by atoms with Crippen LogP contribution >= 0.6 is 0 Å². The van der Waals surface area contributed by atoms with E-state index in [9.17, 15) is 9.59 Å². The zero-order chi connectivity index (χ0) is 13.7. The highest BCUT2D eigenvalue weighted by Crippen LogP contribution is 2.16. The van der Waals surface area contributed by atoms with E-state index >= 15 is 0 Å². The summed E-state index contributed by atoms with van der Waals surface area (Å²) in [5, 5.41) is 0. The summed E-state index contributed by atoms with van der Waals surface area (Å²) < 4.78 is 0. The van der Waals surface area contributed by atoms with Gasteiger partial charge >= 0.3 is 0 Å². The lowest BCUT2D eigenvalue weighted by molar-refractivity contribution is -0.139. The molecule has 3 nitrogen and oxygen atoms in total. The maximum absolute atomic E-state index is 12.2. The Labute approximate surface area is 105 Å². The van der Waals surface area contributed by atoms with Crippen molar-refractivity contribution in [1.82, 2.24) is 4.90 Å². The summed E-state index contributed by atoms with van der Waals surface area (Å²) in [5.74, 6) is -0.388. The van der Waals surface area contributed by atoms with Crippen molar-refractivity contribution in [2.45, 2.75) is 47.6 Å². The second-order valence-corrected chi connectivity index (χ2v) is 5.12. The molecule has 17 heavy (non-hydrogen) atoms. The van der Waals surface area contributed by atoms with Crippen molar-refractivity contribution >= 4 is 11.7 Å². The number of nitrogens with zero attached hydrogens (tertiary/aromatic N) is 1. The highest BCUT2D eigenvalue weighted by molar-refractivity contribution is 5.87. The summed E-state index contributed by atoms with van der Waals surface area (Å²) >= 11 is 0. The van der Waals surface area contributed by atoms with Crippen molar-refractivity contribution < 1.29 is 9.59 Å². The van der Waals surface area contributed by atoms with Gasteiger partial charge in [0.15, 0.2) is 0 Å². The molecule has 0 saturated heterocycles. The van der Waals surface area contributed by atoms with E-state index in [-0.39, 0.29) is 29.6 Å². The fraction of sp³-hybridized carbons (Fsp3) is 0.714. The minimum Gasteiger partial charge on any atom is -0.339 e. The molecular weight excluding hydrogens is 214 g/mol. The number of likely N-dealkylation sites (N-methyl/N-ethyl adjacent to an activating group) is 1. The Morgan fingerprint density at radius 1 is 1.00 bits per heavy atom. The maximum atomic E-state index is 12.2. The van der Waals surface area contributed by atoms with Crippen molar-refractivity contribution in [3.8, 4) is 0 Å². The van der Waals surface area contributed by atoms with Gasteiger partial charge in [0, 0.05) is 24.9 Å². The normalized spacial score (nSPS) is 15.7. The minimum absolute atomic E-state index is 0.0256. The number of allylic oxidation sites excluding steroid dienone is 1. The molecule has 0 bridgehead atoms. The number of hydrogen-bond donors (Lipinski definition) is 0. The van der Waals surface area contributed by atoms with Crippen LogP contribution in [0.15, 0.2) is 11.6 Å². The van der Waals surface area contributed by atoms with E-state index in [2.05, 4.69) is 0 Å². The summed E-state index contributed by atoms with van der Waals surface area (Å²) in [7, 11) is 1.79. The molecule has 0 aliphatic carbocycles. The van der Waals surface area contributed by atoms with Crippen LogP contribution in [0.4, 0.5) is 0 Å². The van der Waals surface area contributed by atoms with Crippen LogP contribution in [0, 0.1) is 11.8 Å². The van der Waals surface area contributed by atoms with Gasteiger partial charge in [-0.25, -0.2) is 0 Å². The molecule has 0 heterocycles. The van der Waals surface area contributed by atoms with Gasteiger partial charge < -0.3 is 4.90 Å². The highest BCUT2D eigenvalue weighted by atomic mass is 16.2. The lowest BCUT2D eigenvalue weighted by Crippen LogP contribution is -2.40. The van der Waals surface area contributed by atoms with Gasteiger partial charge in [0.25, 0.3) is 0 Å². The molecular formula is C14H25NO2. The van der Waals surface area contributed by atoms with Gasteiger partial charge in [-0.2, -0.15) is 0 Å². The molecule has 0 rings (SSSR count). The summed E-state index contributed by atoms with van der Waals surface area (Å²) in [6.45, 7) is 11.2. The molecule has 0 radical (unpaired) electrons. The fourth-order valence-electron chi connectivity index (χ4n) is 1.68. The Bertz CT molecular complexity index is 316. The van der Waals surface area contributed by atoms with Gasteiger partial charge in [-0.3, -0.25) is 9.59 Å². The van der Waals surface area contributed by atoms with Crippen molar-refractivity contribution in [1.29, 1.82) is 0 Å². The Morgan fingerprint density at radius 3 is 1.82 bits per heavy atom. The smallest absolute Gasteiger partial charge is 0.226 e. The lowest BCUT2D eigenvalue weighted by atomic mass is 9.91. The van der Waals surface area contributed by atoms with Gasteiger partial charge in [0.2, 0.25) is 5.91 Å². The number of amides is 1. The quantitative estimate of drug-likeness (QED) is 0.692. The van der Waals surface area contributed by atoms with Crippen LogP contribution in [-0.4, -0.2) is 29.7 Å². The SMILES string of the molecule is CC(=O)C(C)C(C)C(=O)N(C)C(C)C=C(C)C. The molecule has 3 heteroatoms. The topological polar surface area (TPSA) is 37.4 Å². The van der Waals surface area contributed by atoms with Gasteiger partial charge in [-0.05, 0) is 27.7 Å². The molecule has 0 saturated carbocycles. The van der Waals surface area contributed by atoms with Crippen LogP contribution in [-0.2, 0) is 9.59 Å². The molecule has 0 aromatic heterocycles. The van der Waals surface area contributed by atoms with Crippen LogP contribution in [0.2, 0.25) is 0 Å². The van der Waals surface area contributed by atoms with Crippen molar-refractivity contribution in [3.05, 3.63) is 11.6 Å². The molecule has 1 amide bonds. The monoisotopic (exact) mass is 239 g/mol. The third-order valence-corrected chi connectivity index (χ3v) is 3.31. The summed E-state index contributed by atoms with van der Waals surface area (Å²) in [6.07, 6.45) is 2.04. The van der Waals surface area contributed by atoms with Crippen molar-refractivity contribution in [3.63, 3.8) is 0 Å². The van der Waals surface area contributed by atoms with E-state index in [0.29, 0.717) is 0 Å². The van der Waals surface area contributed by atoms with Crippen molar-refractivity contribution in [2.75, 3.05) is 7.05 Å². The van der Waals surface area contributed by atoms with Crippen LogP contribution in [0.5, 0.6) is 0 Å². The van der Waals surface area contributed by atoms with Gasteiger partial charge in [-0.15, -0.1) is 0 Å². The summed E-state index contributed by atoms with van der Waals surface area (Å²) in [5.41, 5.74) is 1.18. The second kappa shape index (κ2) is 6.58. The van der Waals surface area contributed by atoms with Gasteiger partial charge in [-0.1, -0.05) is 25.5 Å². The molecule has 0 fully saturated rings. The number of hydrogen-bond acceptors (Lipinski definition) is 2. The first-order chi connectivity index (χ1) is 7.68. The lowest BCUT2D eigenvalue weighted by Gasteiger charge is -2.28. The minimum atomic E-state index is -0.259. The van der Waals surface area contributed by atoms with E-state index in [0.717, 1.165) is 0 Å². The third kappa shape index (κ3) is 4.72. The molecule has 3 atom stereocenters. The summed E-state index contributed by atoms with van der Waals surface area (Å²) in [6, 6.07) is 0.0640. The molecule has 0 aromatic rings. The molecule has 98 valence electrons. The Morgan fingerprint density at radius 2 is 1.47 bits per heavy atom. The van der Waals surface area contributed by atoms with Crippen LogP contribution in [0.1, 0.15) is 41.5 Å². The fourth-order valence-corrected chi connectivity index (χ4v) is 1.68. The predicted molar refractivity (Wildman–Crippen MR) is 70.7 cm³/mol. The van der Waals surface area contributed by atoms with E-state index < -0.39 is 0 Å². The summed E-state index contributed by atoms with van der Waals surface area (Å²) in [4.78, 5) is 25.1. The maximum Gasteiger partial charge on any atom is 0.226 e. The number of ketones is 1. The average Bonchev–Trinajstić information content (AvgIpc) is 2.23. The number of Topliss-reactive ketones (excluding diaryl/α,β-unsaturated/α-hetero) is 1. The van der Waals surface area contributed by atoms with E-state index in [4.69, 9.17) is 0 Å². The Balaban J connectivity index is 4.71. The highest BCUT2D eigenvalue weighted by Gasteiger charge is 2.27. The van der Waals surface area contributed by atoms with E-state index in [1.54, 1.807) is 11.9 Å². The predicted octanol–water partition coefficient (Wildman–Crippen LogP) is 2.66. The van der Waals surface area contributed by atoms with Crippen LogP contribution in [0.3, 0.4) is 0 Å². The van der Waals surface area contributed by atoms with Crippen LogP contribution in [0.25, 0.3) is 0 Å². The second-order valence-electron chi connectivity index (χ2n) is 5.12. The molecule has 0 spiro atoms. The van der Waals surface area contributed by atoms with Crippen molar-refractivity contribution in [2.24, 2.45) is 11.8 Å². The zero-order valence-corrected chi connectivity index (χ0v) is 12.1. The number of carbonyl (C=O) groups is 2. The largest absolute Gasteiger partial charge is 0.339 e. The first-order valence-electron chi connectivity index (χ1n) is 6.10. The molecule has 0 N–H and O–H groups in total. The van der Waals surface area contributed by atoms with Gasteiger partial charge in [0.05, 0.1) is 0 Å². The zero-order valence-electron chi connectivity index (χ0n) is 12.1. The van der Waals surface area contributed by atoms with E-state index in [1.807, 2.05) is 40.7 Å². The molecule has 3 unspecified atom stereocenters. The molecule has 0 aromatic carbocycles. The Hall–Kier alpha value is -1.12. The standard InChI is InChI=1S/C14H25NO2/c1-9(2)8-10(3)15(7)14(17)12(5)11(4)13(6)16/h8,10-12H,1-7H3. The van der Waals surface area contributed by atoms with Crippen LogP contribution < -0.4 is 0 Å². The Kier molecular flexibility index (Phi) is 6.14. The molecule has 0 aliphatic heterocycles. The first-order valence-corrected chi connectivity index (χ1v) is 6.10. The van der Waals surface area contributed by atoms with Gasteiger partial charge in [0.1, 0.15) is 5.78 Å².